The van der Waals surface area contributed by atoms with Crippen LogP contribution >= 0.6 is 22.6 Å². The van der Waals surface area contributed by atoms with Gasteiger partial charge in [-0.3, -0.25) is 9.69 Å². The third-order valence-electron chi connectivity index (χ3n) is 3.72. The largest absolute Gasteiger partial charge is 0.454 e. The first-order valence-electron chi connectivity index (χ1n) is 7.11. The molecule has 0 spiro atoms. The van der Waals surface area contributed by atoms with Crippen molar-refractivity contribution in [3.05, 3.63) is 49.1 Å². The normalized spacial score (nSPS) is 15.4. The summed E-state index contributed by atoms with van der Waals surface area (Å²) in [5.74, 6) is 1.96. The van der Waals surface area contributed by atoms with Crippen LogP contribution in [0.4, 0.5) is 0 Å². The highest BCUT2D eigenvalue weighted by atomic mass is 127. The van der Waals surface area contributed by atoms with Crippen LogP contribution in [0, 0.1) is 3.77 Å². The molecule has 0 atom stereocenters. The molecular weight excluding hydrogens is 381 g/mol. The van der Waals surface area contributed by atoms with Gasteiger partial charge in [0.1, 0.15) is 11.6 Å². The van der Waals surface area contributed by atoms with Gasteiger partial charge in [-0.1, -0.05) is 13.8 Å². The van der Waals surface area contributed by atoms with Crippen LogP contribution in [0.1, 0.15) is 42.6 Å². The highest BCUT2D eigenvalue weighted by Gasteiger charge is 2.22. The van der Waals surface area contributed by atoms with Crippen LogP contribution in [-0.2, 0) is 19.5 Å². The zero-order valence-electron chi connectivity index (χ0n) is 12.1. The minimum atomic E-state index is 0.00225. The van der Waals surface area contributed by atoms with Gasteiger partial charge in [0.25, 0.3) is 5.56 Å². The molecule has 1 aliphatic heterocycles. The van der Waals surface area contributed by atoms with Crippen LogP contribution in [0.5, 0.6) is 0 Å². The van der Waals surface area contributed by atoms with Crippen molar-refractivity contribution in [2.75, 3.05) is 6.54 Å². The average molecular weight is 399 g/mol. The Morgan fingerprint density at radius 1 is 1.48 bits per heavy atom. The van der Waals surface area contributed by atoms with E-state index >= 15 is 0 Å². The molecule has 0 bridgehead atoms. The molecule has 2 aromatic rings. The number of nitrogens with one attached hydrogen (secondary N) is 1. The van der Waals surface area contributed by atoms with Gasteiger partial charge in [0.15, 0.2) is 3.77 Å². The molecule has 0 unspecified atom stereocenters. The summed E-state index contributed by atoms with van der Waals surface area (Å²) in [5, 5.41) is 0. The summed E-state index contributed by atoms with van der Waals surface area (Å²) in [6.07, 6.45) is 0.816. The molecule has 5 nitrogen and oxygen atoms in total. The minimum Gasteiger partial charge on any atom is -0.454 e. The van der Waals surface area contributed by atoms with E-state index in [0.717, 1.165) is 46.1 Å². The van der Waals surface area contributed by atoms with Gasteiger partial charge in [-0.25, -0.2) is 4.98 Å². The third kappa shape index (κ3) is 3.21. The van der Waals surface area contributed by atoms with Crippen molar-refractivity contribution in [1.29, 1.82) is 0 Å². The maximum absolute atomic E-state index is 12.2. The first kappa shape index (κ1) is 14.8. The monoisotopic (exact) mass is 399 g/mol. The Morgan fingerprint density at radius 2 is 2.29 bits per heavy atom. The van der Waals surface area contributed by atoms with Crippen molar-refractivity contribution in [3.63, 3.8) is 0 Å². The number of aromatic nitrogens is 2. The van der Waals surface area contributed by atoms with Crippen LogP contribution in [0.3, 0.4) is 0 Å². The van der Waals surface area contributed by atoms with E-state index in [-0.39, 0.29) is 11.5 Å². The van der Waals surface area contributed by atoms with Gasteiger partial charge in [-0.2, -0.15) is 0 Å². The molecule has 21 heavy (non-hydrogen) atoms. The van der Waals surface area contributed by atoms with Crippen molar-refractivity contribution < 1.29 is 4.42 Å². The number of hydrogen-bond donors (Lipinski definition) is 1. The number of H-pyrrole nitrogens is 1. The summed E-state index contributed by atoms with van der Waals surface area (Å²) in [6, 6.07) is 3.94. The highest BCUT2D eigenvalue weighted by molar-refractivity contribution is 14.1. The fourth-order valence-corrected chi connectivity index (χ4v) is 3.03. The van der Waals surface area contributed by atoms with Gasteiger partial charge in [0, 0.05) is 25.4 Å². The van der Waals surface area contributed by atoms with E-state index in [1.165, 1.54) is 0 Å². The van der Waals surface area contributed by atoms with E-state index in [2.05, 4.69) is 37.5 Å². The number of furan rings is 1. The zero-order valence-corrected chi connectivity index (χ0v) is 14.3. The summed E-state index contributed by atoms with van der Waals surface area (Å²) in [6.45, 7) is 6.34. The zero-order chi connectivity index (χ0) is 15.0. The Kier molecular flexibility index (Phi) is 4.17. The molecule has 2 aromatic heterocycles. The lowest BCUT2D eigenvalue weighted by atomic mass is 10.1. The van der Waals surface area contributed by atoms with Gasteiger partial charge < -0.3 is 9.40 Å². The molecule has 0 amide bonds. The van der Waals surface area contributed by atoms with Gasteiger partial charge in [0.2, 0.25) is 0 Å². The van der Waals surface area contributed by atoms with Crippen molar-refractivity contribution in [2.45, 2.75) is 39.3 Å². The maximum atomic E-state index is 12.2. The summed E-state index contributed by atoms with van der Waals surface area (Å²) in [5.41, 5.74) is 1.75. The fraction of sp³-hybridized carbons (Fsp3) is 0.467. The van der Waals surface area contributed by atoms with Gasteiger partial charge in [-0.15, -0.1) is 0 Å². The third-order valence-corrected chi connectivity index (χ3v) is 4.30. The van der Waals surface area contributed by atoms with E-state index in [4.69, 9.17) is 4.42 Å². The molecule has 0 saturated heterocycles. The van der Waals surface area contributed by atoms with E-state index < -0.39 is 0 Å². The molecule has 3 rings (SSSR count). The van der Waals surface area contributed by atoms with Crippen molar-refractivity contribution >= 4 is 22.6 Å². The summed E-state index contributed by atoms with van der Waals surface area (Å²) in [4.78, 5) is 22.0. The Hall–Kier alpha value is -1.15. The molecule has 3 heterocycles. The highest BCUT2D eigenvalue weighted by Crippen LogP contribution is 2.19. The number of halogens is 1. The first-order valence-corrected chi connectivity index (χ1v) is 8.19. The fourth-order valence-electron chi connectivity index (χ4n) is 2.57. The molecule has 6 heteroatoms. The second kappa shape index (κ2) is 5.92. The van der Waals surface area contributed by atoms with Gasteiger partial charge in [0.05, 0.1) is 17.8 Å². The predicted octanol–water partition coefficient (Wildman–Crippen LogP) is 2.65. The molecule has 0 fully saturated rings. The summed E-state index contributed by atoms with van der Waals surface area (Å²) >= 11 is 2.16. The predicted molar refractivity (Wildman–Crippen MR) is 88.2 cm³/mol. The lowest BCUT2D eigenvalue weighted by Gasteiger charge is -2.27. The van der Waals surface area contributed by atoms with Crippen LogP contribution in [0.25, 0.3) is 0 Å². The molecule has 0 aromatic carbocycles. The quantitative estimate of drug-likeness (QED) is 0.807. The van der Waals surface area contributed by atoms with Crippen molar-refractivity contribution in [2.24, 2.45) is 0 Å². The molecule has 0 radical (unpaired) electrons. The number of nitrogens with zero attached hydrogens (tertiary/aromatic N) is 2. The average Bonchev–Trinajstić information content (AvgIpc) is 2.84. The summed E-state index contributed by atoms with van der Waals surface area (Å²) < 4.78 is 6.49. The second-order valence-electron chi connectivity index (χ2n) is 5.70. The smallest absolute Gasteiger partial charge is 0.255 e. The van der Waals surface area contributed by atoms with E-state index in [9.17, 15) is 4.79 Å². The van der Waals surface area contributed by atoms with E-state index in [1.54, 1.807) is 0 Å². The number of rotatable bonds is 3. The summed E-state index contributed by atoms with van der Waals surface area (Å²) in [7, 11) is 0. The standard InChI is InChI=1S/C15H18IN3O2/c1-9(2)14-17-12-5-6-19(8-11(12)15(20)18-14)7-10-3-4-13(16)21-10/h3-4,9H,5-8H2,1-2H3,(H,17,18,20). The lowest BCUT2D eigenvalue weighted by Crippen LogP contribution is -2.35. The van der Waals surface area contributed by atoms with Crippen LogP contribution in [-0.4, -0.2) is 21.4 Å². The molecule has 1 N–H and O–H groups in total. The Bertz CT molecular complexity index is 705. The Morgan fingerprint density at radius 3 is 2.95 bits per heavy atom. The number of aromatic amines is 1. The Balaban J connectivity index is 1.81. The first-order chi connectivity index (χ1) is 10.0. The van der Waals surface area contributed by atoms with E-state index in [1.807, 2.05) is 26.0 Å². The van der Waals surface area contributed by atoms with Crippen molar-refractivity contribution in [3.8, 4) is 0 Å². The minimum absolute atomic E-state index is 0.00225. The SMILES string of the molecule is CC(C)c1nc2c(c(=O)[nH]1)CN(Cc1ccc(I)o1)CC2. The maximum Gasteiger partial charge on any atom is 0.255 e. The van der Waals surface area contributed by atoms with Crippen LogP contribution < -0.4 is 5.56 Å². The van der Waals surface area contributed by atoms with Crippen LogP contribution in [0.15, 0.2) is 21.3 Å². The van der Waals surface area contributed by atoms with Gasteiger partial charge in [-0.05, 0) is 34.7 Å². The number of hydrogen-bond acceptors (Lipinski definition) is 4. The van der Waals surface area contributed by atoms with Crippen LogP contribution in [0.2, 0.25) is 0 Å². The second-order valence-corrected chi connectivity index (χ2v) is 6.76. The number of fused-ring (bicyclic) bond motifs is 1. The molecule has 112 valence electrons. The lowest BCUT2D eigenvalue weighted by molar-refractivity contribution is 0.220. The Labute approximate surface area is 136 Å². The van der Waals surface area contributed by atoms with E-state index in [0.29, 0.717) is 6.54 Å². The topological polar surface area (TPSA) is 62.1 Å². The molecule has 0 aliphatic carbocycles. The molecule has 0 saturated carbocycles. The van der Waals surface area contributed by atoms with Gasteiger partial charge >= 0.3 is 0 Å². The van der Waals surface area contributed by atoms with Crippen molar-refractivity contribution in [1.82, 2.24) is 14.9 Å². The molecule has 1 aliphatic rings. The molecular formula is C15H18IN3O2.